The van der Waals surface area contributed by atoms with Crippen molar-refractivity contribution in [3.63, 3.8) is 0 Å². The Morgan fingerprint density at radius 1 is 1.07 bits per heavy atom. The van der Waals surface area contributed by atoms with Crippen LogP contribution in [-0.2, 0) is 14.3 Å². The van der Waals surface area contributed by atoms with E-state index >= 15 is 0 Å². The molecule has 2 aliphatic heterocycles. The summed E-state index contributed by atoms with van der Waals surface area (Å²) >= 11 is 0. The number of fused-ring (bicyclic) bond motifs is 3. The molecule has 0 spiro atoms. The SMILES string of the molecule is CN(P)CN(P)CN(P)CC(=O)O.COc1cc(C2c3cc4c(cc3[C@@H](N)[C@H]3COC(=O)C23)OCO4)cc(C)c1O. The average Bonchev–Trinajstić information content (AvgIpc) is 3.51. The predicted octanol–water partition coefficient (Wildman–Crippen LogP) is 2.26. The molecule has 4 N–H and O–H groups in total. The minimum Gasteiger partial charge on any atom is -0.504 e. The number of ether oxygens (including phenoxy) is 4. The number of aromatic hydroxyl groups is 1. The Bertz CT molecular complexity index is 1300. The Morgan fingerprint density at radius 2 is 1.73 bits per heavy atom. The van der Waals surface area contributed by atoms with E-state index in [9.17, 15) is 14.7 Å². The van der Waals surface area contributed by atoms with E-state index in [1.807, 2.05) is 34.6 Å². The maximum atomic E-state index is 12.7. The fourth-order valence-corrected chi connectivity index (χ4v) is 6.92. The van der Waals surface area contributed by atoms with Crippen molar-refractivity contribution in [3.05, 3.63) is 46.5 Å². The lowest BCUT2D eigenvalue weighted by Crippen LogP contribution is -2.38. The quantitative estimate of drug-likeness (QED) is 0.224. The van der Waals surface area contributed by atoms with Gasteiger partial charge in [0.25, 0.3) is 0 Å². The molecule has 15 heteroatoms. The summed E-state index contributed by atoms with van der Waals surface area (Å²) < 4.78 is 27.3. The molecular formula is C26H37N4O8P3. The van der Waals surface area contributed by atoms with Crippen LogP contribution in [0.5, 0.6) is 23.0 Å². The number of phenols is 1. The molecule has 1 saturated heterocycles. The number of carboxylic acid groups (broad SMARTS) is 1. The van der Waals surface area contributed by atoms with Crippen molar-refractivity contribution in [2.45, 2.75) is 18.9 Å². The van der Waals surface area contributed by atoms with E-state index in [0.717, 1.165) is 23.4 Å². The number of nitrogens with two attached hydrogens (primary N) is 1. The number of cyclic esters (lactones) is 1. The normalized spacial score (nSPS) is 22.2. The van der Waals surface area contributed by atoms with Crippen molar-refractivity contribution < 1.29 is 38.7 Å². The van der Waals surface area contributed by atoms with Gasteiger partial charge in [-0.25, -0.2) is 0 Å². The third kappa shape index (κ3) is 7.03. The molecule has 12 nitrogen and oxygen atoms in total. The van der Waals surface area contributed by atoms with Crippen molar-refractivity contribution in [1.82, 2.24) is 14.0 Å². The third-order valence-corrected chi connectivity index (χ3v) is 8.05. The van der Waals surface area contributed by atoms with Crippen molar-refractivity contribution in [1.29, 1.82) is 0 Å². The lowest BCUT2D eigenvalue weighted by atomic mass is 9.65. The number of hydrogen-bond acceptors (Lipinski definition) is 11. The summed E-state index contributed by atoms with van der Waals surface area (Å²) in [5.41, 5.74) is 9.94. The van der Waals surface area contributed by atoms with Crippen LogP contribution in [0.15, 0.2) is 24.3 Å². The molecular weight excluding hydrogens is 589 g/mol. The highest BCUT2D eigenvalue weighted by molar-refractivity contribution is 7.14. The Balaban J connectivity index is 0.000000254. The van der Waals surface area contributed by atoms with Gasteiger partial charge in [-0.2, -0.15) is 0 Å². The highest BCUT2D eigenvalue weighted by Gasteiger charge is 2.51. The molecule has 1 aliphatic carbocycles. The van der Waals surface area contributed by atoms with Gasteiger partial charge in [-0.05, 0) is 54.4 Å². The second-order valence-electron chi connectivity index (χ2n) is 10.3. The first-order valence-corrected chi connectivity index (χ1v) is 14.4. The number of carbonyl (C=O) groups is 2. The van der Waals surface area contributed by atoms with E-state index in [-0.39, 0.29) is 42.9 Å². The topological polar surface area (TPSA) is 147 Å². The number of carbonyl (C=O) groups excluding carboxylic acids is 1. The van der Waals surface area contributed by atoms with Crippen molar-refractivity contribution in [3.8, 4) is 23.0 Å². The van der Waals surface area contributed by atoms with E-state index in [2.05, 4.69) is 28.2 Å². The standard InChI is InChI=1S/C21H21NO6.C5H16N3O2P3/c1-9-3-10(4-16(25-2)20(9)23)17-11-5-14-15(28-8-27-14)6-12(11)19(22)13-7-26-21(24)18(13)17;1-6(11)3-8(13)4-7(12)2-5(9)10/h3-6,13,17-19,23H,7-8,22H2,1-2H3;2-4,11-13H2,1H3,(H,9,10)/t13-,17?,18?,19+;/m0./s1. The maximum absolute atomic E-state index is 12.7. The number of phenolic OH excluding ortho intramolecular Hbond substituents is 1. The number of aliphatic carboxylic acids is 1. The number of rotatable bonds is 8. The molecule has 0 amide bonds. The Labute approximate surface area is 246 Å². The number of aryl methyl sites for hydroxylation is 1. The summed E-state index contributed by atoms with van der Waals surface area (Å²) in [6.45, 7) is 3.60. The summed E-state index contributed by atoms with van der Waals surface area (Å²) in [5.74, 6) is -0.129. The van der Waals surface area contributed by atoms with Gasteiger partial charge in [0.2, 0.25) is 6.79 Å². The van der Waals surface area contributed by atoms with Gasteiger partial charge in [-0.3, -0.25) is 23.6 Å². The van der Waals surface area contributed by atoms with Gasteiger partial charge in [-0.1, -0.05) is 34.2 Å². The lowest BCUT2D eigenvalue weighted by molar-refractivity contribution is -0.141. The van der Waals surface area contributed by atoms with Crippen LogP contribution < -0.4 is 19.9 Å². The van der Waals surface area contributed by atoms with Crippen molar-refractivity contribution in [2.24, 2.45) is 17.6 Å². The molecule has 0 aromatic heterocycles. The molecule has 0 saturated carbocycles. The second kappa shape index (κ2) is 13.3. The molecule has 1 fully saturated rings. The zero-order valence-electron chi connectivity index (χ0n) is 23.1. The highest BCUT2D eigenvalue weighted by Crippen LogP contribution is 2.54. The van der Waals surface area contributed by atoms with Crippen molar-refractivity contribution in [2.75, 3.05) is 47.4 Å². The minimum absolute atomic E-state index is 0.0239. The van der Waals surface area contributed by atoms with Gasteiger partial charge < -0.3 is 34.9 Å². The number of methoxy groups -OCH3 is 1. The van der Waals surface area contributed by atoms with Gasteiger partial charge >= 0.3 is 11.9 Å². The first-order valence-electron chi connectivity index (χ1n) is 12.8. The zero-order chi connectivity index (χ0) is 30.0. The molecule has 2 aromatic carbocycles. The van der Waals surface area contributed by atoms with Crippen LogP contribution in [-0.4, -0.2) is 83.6 Å². The molecule has 5 unspecified atom stereocenters. The van der Waals surface area contributed by atoms with Crippen LogP contribution in [0.4, 0.5) is 0 Å². The lowest BCUT2D eigenvalue weighted by Gasteiger charge is -2.37. The van der Waals surface area contributed by atoms with Gasteiger partial charge in [0.15, 0.2) is 23.0 Å². The van der Waals surface area contributed by atoms with Crippen LogP contribution in [0.2, 0.25) is 0 Å². The molecule has 2 aromatic rings. The molecule has 41 heavy (non-hydrogen) atoms. The van der Waals surface area contributed by atoms with Gasteiger partial charge in [0, 0.05) is 17.9 Å². The number of esters is 1. The summed E-state index contributed by atoms with van der Waals surface area (Å²) in [4.78, 5) is 23.0. The van der Waals surface area contributed by atoms with Crippen LogP contribution in [0, 0.1) is 18.8 Å². The summed E-state index contributed by atoms with van der Waals surface area (Å²) in [7, 11) is 10.9. The predicted molar refractivity (Wildman–Crippen MR) is 161 cm³/mol. The van der Waals surface area contributed by atoms with Crippen molar-refractivity contribution >= 4 is 40.1 Å². The van der Waals surface area contributed by atoms with Crippen LogP contribution in [0.1, 0.15) is 34.2 Å². The fourth-order valence-electron chi connectivity index (χ4n) is 5.50. The Hall–Kier alpha value is -2.29. The van der Waals surface area contributed by atoms with Gasteiger partial charge in [0.1, 0.15) is 6.54 Å². The smallest absolute Gasteiger partial charge is 0.318 e. The molecule has 3 aliphatic rings. The van der Waals surface area contributed by atoms with Gasteiger partial charge in [-0.15, -0.1) is 0 Å². The number of carboxylic acids is 1. The first-order chi connectivity index (χ1) is 19.4. The molecule has 2 heterocycles. The number of benzene rings is 2. The van der Waals surface area contributed by atoms with E-state index in [0.29, 0.717) is 36.1 Å². The third-order valence-electron chi connectivity index (χ3n) is 7.22. The van der Waals surface area contributed by atoms with Crippen LogP contribution >= 0.6 is 28.2 Å². The Morgan fingerprint density at radius 3 is 2.34 bits per heavy atom. The zero-order valence-corrected chi connectivity index (χ0v) is 26.6. The number of hydrogen-bond donors (Lipinski definition) is 3. The molecule has 7 atom stereocenters. The molecule has 5 rings (SSSR count). The van der Waals surface area contributed by atoms with Gasteiger partial charge in [0.05, 0.1) is 33.0 Å². The van der Waals surface area contributed by atoms with E-state index in [1.165, 1.54) is 7.11 Å². The van der Waals surface area contributed by atoms with E-state index in [4.69, 9.17) is 29.8 Å². The van der Waals surface area contributed by atoms with Crippen LogP contribution in [0.3, 0.4) is 0 Å². The second-order valence-corrected chi connectivity index (χ2v) is 12.7. The summed E-state index contributed by atoms with van der Waals surface area (Å²) in [6.07, 6.45) is 0. The van der Waals surface area contributed by atoms with Crippen LogP contribution in [0.25, 0.3) is 0 Å². The maximum Gasteiger partial charge on any atom is 0.318 e. The number of nitrogens with zero attached hydrogens (tertiary/aromatic N) is 3. The monoisotopic (exact) mass is 626 g/mol. The molecule has 0 bridgehead atoms. The highest BCUT2D eigenvalue weighted by atomic mass is 31.0. The van der Waals surface area contributed by atoms with E-state index < -0.39 is 11.9 Å². The summed E-state index contributed by atoms with van der Waals surface area (Å²) in [6, 6.07) is 7.16. The fraction of sp³-hybridized carbons (Fsp3) is 0.462. The molecule has 0 radical (unpaired) electrons. The van der Waals surface area contributed by atoms with E-state index in [1.54, 1.807) is 17.7 Å². The molecule has 224 valence electrons. The average molecular weight is 627 g/mol. The Kier molecular flexibility index (Phi) is 10.3. The summed E-state index contributed by atoms with van der Waals surface area (Å²) in [5, 5.41) is 18.7. The largest absolute Gasteiger partial charge is 0.504 e. The minimum atomic E-state index is -0.826. The first kappa shape index (κ1) is 31.6.